The smallest absolute Gasteiger partial charge is 0.267 e. The van der Waals surface area contributed by atoms with Gasteiger partial charge >= 0.3 is 0 Å². The molecule has 0 aliphatic carbocycles. The predicted molar refractivity (Wildman–Crippen MR) is 79.6 cm³/mol. The zero-order valence-corrected chi connectivity index (χ0v) is 12.5. The van der Waals surface area contributed by atoms with Crippen molar-refractivity contribution in [1.29, 1.82) is 0 Å². The molecule has 0 saturated heterocycles. The van der Waals surface area contributed by atoms with Crippen LogP contribution in [0.5, 0.6) is 0 Å². The molecule has 1 aromatic carbocycles. The van der Waals surface area contributed by atoms with Crippen LogP contribution in [0.4, 0.5) is 0 Å². The fraction of sp³-hybridized carbons (Fsp3) is 0.286. The van der Waals surface area contributed by atoms with Gasteiger partial charge in [0.2, 0.25) is 0 Å². The van der Waals surface area contributed by atoms with Crippen molar-refractivity contribution >= 4 is 9.84 Å². The first-order valence-corrected chi connectivity index (χ1v) is 8.13. The minimum absolute atomic E-state index is 0.0221. The molecule has 0 saturated carbocycles. The average molecular weight is 307 g/mol. The van der Waals surface area contributed by atoms with Crippen molar-refractivity contribution in [2.24, 2.45) is 5.73 Å². The Morgan fingerprint density at radius 2 is 2.05 bits per heavy atom. The number of nitrogens with two attached hydrogens (primary N) is 1. The number of nitrogens with zero attached hydrogens (tertiary/aromatic N) is 2. The predicted octanol–water partition coefficient (Wildman–Crippen LogP) is 0.484. The molecule has 2 aromatic rings. The van der Waals surface area contributed by atoms with Crippen LogP contribution in [-0.4, -0.2) is 24.0 Å². The van der Waals surface area contributed by atoms with Crippen LogP contribution in [0.2, 0.25) is 0 Å². The largest absolute Gasteiger partial charge is 0.326 e. The van der Waals surface area contributed by atoms with Gasteiger partial charge in [0, 0.05) is 12.6 Å². The first-order chi connectivity index (χ1) is 9.92. The van der Waals surface area contributed by atoms with E-state index in [-0.39, 0.29) is 29.3 Å². The Labute approximate surface area is 123 Å². The van der Waals surface area contributed by atoms with Gasteiger partial charge in [-0.2, -0.15) is 5.10 Å². The summed E-state index contributed by atoms with van der Waals surface area (Å²) >= 11 is 0. The first-order valence-electron chi connectivity index (χ1n) is 6.48. The van der Waals surface area contributed by atoms with Crippen LogP contribution < -0.4 is 11.3 Å². The van der Waals surface area contributed by atoms with Crippen LogP contribution in [-0.2, 0) is 22.9 Å². The lowest BCUT2D eigenvalue weighted by Crippen LogP contribution is -2.26. The highest BCUT2D eigenvalue weighted by atomic mass is 32.2. The highest BCUT2D eigenvalue weighted by molar-refractivity contribution is 7.91. The lowest BCUT2D eigenvalue weighted by atomic mass is 10.2. The normalized spacial score (nSPS) is 11.5. The molecular formula is C14H17N3O3S. The van der Waals surface area contributed by atoms with Gasteiger partial charge in [0.15, 0.2) is 9.84 Å². The van der Waals surface area contributed by atoms with E-state index < -0.39 is 9.84 Å². The summed E-state index contributed by atoms with van der Waals surface area (Å²) in [5.41, 5.74) is 6.70. The SMILES string of the molecule is Cc1cnn(CCS(=O)(=O)c2cccc(CN)c2)c(=O)c1. The van der Waals surface area contributed by atoms with Gasteiger partial charge < -0.3 is 5.73 Å². The molecule has 7 heteroatoms. The molecule has 0 amide bonds. The molecule has 0 atom stereocenters. The third-order valence-corrected chi connectivity index (χ3v) is 4.76. The van der Waals surface area contributed by atoms with E-state index in [1.54, 1.807) is 25.1 Å². The van der Waals surface area contributed by atoms with Crippen LogP contribution in [0.3, 0.4) is 0 Å². The van der Waals surface area contributed by atoms with Crippen LogP contribution in [0.1, 0.15) is 11.1 Å². The molecule has 0 radical (unpaired) electrons. The monoisotopic (exact) mass is 307 g/mol. The summed E-state index contributed by atoms with van der Waals surface area (Å²) in [6.07, 6.45) is 1.53. The van der Waals surface area contributed by atoms with E-state index in [0.717, 1.165) is 15.8 Å². The minimum atomic E-state index is -3.47. The summed E-state index contributed by atoms with van der Waals surface area (Å²) in [6, 6.07) is 7.94. The maximum absolute atomic E-state index is 12.3. The van der Waals surface area contributed by atoms with Crippen LogP contribution in [0.25, 0.3) is 0 Å². The maximum atomic E-state index is 12.3. The fourth-order valence-electron chi connectivity index (χ4n) is 1.88. The van der Waals surface area contributed by atoms with E-state index in [1.165, 1.54) is 18.3 Å². The molecule has 0 bridgehead atoms. The summed E-state index contributed by atoms with van der Waals surface area (Å²) in [5.74, 6) is -0.184. The number of hydrogen-bond acceptors (Lipinski definition) is 5. The Balaban J connectivity index is 2.19. The van der Waals surface area contributed by atoms with Gasteiger partial charge in [0.05, 0.1) is 23.4 Å². The van der Waals surface area contributed by atoms with Crippen molar-refractivity contribution in [3.8, 4) is 0 Å². The lowest BCUT2D eigenvalue weighted by molar-refractivity contribution is 0.570. The summed E-state index contributed by atoms with van der Waals surface area (Å²) in [5, 5.41) is 3.93. The van der Waals surface area contributed by atoms with Crippen molar-refractivity contribution in [3.63, 3.8) is 0 Å². The summed E-state index contributed by atoms with van der Waals surface area (Å²) in [7, 11) is -3.47. The van der Waals surface area contributed by atoms with Crippen LogP contribution in [0, 0.1) is 6.92 Å². The molecular weight excluding hydrogens is 290 g/mol. The zero-order valence-electron chi connectivity index (χ0n) is 11.7. The second kappa shape index (κ2) is 6.19. The number of rotatable bonds is 5. The topological polar surface area (TPSA) is 95.1 Å². The van der Waals surface area contributed by atoms with Gasteiger partial charge in [0.1, 0.15) is 0 Å². The van der Waals surface area contributed by atoms with E-state index in [2.05, 4.69) is 5.10 Å². The molecule has 2 N–H and O–H groups in total. The maximum Gasteiger partial charge on any atom is 0.267 e. The fourth-order valence-corrected chi connectivity index (χ4v) is 3.15. The van der Waals surface area contributed by atoms with Gasteiger partial charge in [-0.15, -0.1) is 0 Å². The Kier molecular flexibility index (Phi) is 4.54. The van der Waals surface area contributed by atoms with Gasteiger partial charge in [-0.25, -0.2) is 13.1 Å². The van der Waals surface area contributed by atoms with Crippen LogP contribution in [0.15, 0.2) is 46.2 Å². The van der Waals surface area contributed by atoms with Crippen molar-refractivity contribution in [3.05, 3.63) is 58.0 Å². The molecule has 0 aliphatic rings. The Bertz CT molecular complexity index is 797. The standard InChI is InChI=1S/C14H17N3O3S/c1-11-7-14(18)17(16-10-11)5-6-21(19,20)13-4-2-3-12(8-13)9-15/h2-4,7-8,10H,5-6,9,15H2,1H3. The molecule has 21 heavy (non-hydrogen) atoms. The summed E-state index contributed by atoms with van der Waals surface area (Å²) < 4.78 is 25.7. The van der Waals surface area contributed by atoms with E-state index in [0.29, 0.717) is 0 Å². The highest BCUT2D eigenvalue weighted by Crippen LogP contribution is 2.13. The third-order valence-electron chi connectivity index (χ3n) is 3.07. The number of aromatic nitrogens is 2. The Hall–Kier alpha value is -1.99. The van der Waals surface area contributed by atoms with Crippen molar-refractivity contribution in [2.75, 3.05) is 5.75 Å². The quantitative estimate of drug-likeness (QED) is 0.867. The van der Waals surface area contributed by atoms with Gasteiger partial charge in [0.25, 0.3) is 5.56 Å². The minimum Gasteiger partial charge on any atom is -0.326 e. The second-order valence-corrected chi connectivity index (χ2v) is 6.87. The lowest BCUT2D eigenvalue weighted by Gasteiger charge is -2.07. The van der Waals surface area contributed by atoms with Gasteiger partial charge in [-0.3, -0.25) is 4.79 Å². The van der Waals surface area contributed by atoms with Crippen molar-refractivity contribution in [1.82, 2.24) is 9.78 Å². The van der Waals surface area contributed by atoms with Crippen molar-refractivity contribution < 1.29 is 8.42 Å². The molecule has 6 nitrogen and oxygen atoms in total. The number of sulfone groups is 1. The van der Waals surface area contributed by atoms with E-state index >= 15 is 0 Å². The Morgan fingerprint density at radius 3 is 2.71 bits per heavy atom. The number of hydrogen-bond donors (Lipinski definition) is 1. The molecule has 1 heterocycles. The zero-order chi connectivity index (χ0) is 15.5. The molecule has 112 valence electrons. The average Bonchev–Trinajstić information content (AvgIpc) is 2.46. The van der Waals surface area contributed by atoms with E-state index in [1.807, 2.05) is 0 Å². The highest BCUT2D eigenvalue weighted by Gasteiger charge is 2.15. The van der Waals surface area contributed by atoms with Crippen LogP contribution >= 0.6 is 0 Å². The summed E-state index contributed by atoms with van der Waals surface area (Å²) in [6.45, 7) is 2.06. The van der Waals surface area contributed by atoms with E-state index in [9.17, 15) is 13.2 Å². The Morgan fingerprint density at radius 1 is 1.29 bits per heavy atom. The van der Waals surface area contributed by atoms with Crippen molar-refractivity contribution in [2.45, 2.75) is 24.9 Å². The molecule has 1 aromatic heterocycles. The number of aryl methyl sites for hydroxylation is 2. The molecule has 0 spiro atoms. The molecule has 2 rings (SSSR count). The third kappa shape index (κ3) is 3.77. The molecule has 0 fully saturated rings. The summed E-state index contributed by atoms with van der Waals surface area (Å²) in [4.78, 5) is 11.9. The number of benzene rings is 1. The van der Waals surface area contributed by atoms with Gasteiger partial charge in [-0.05, 0) is 30.2 Å². The van der Waals surface area contributed by atoms with E-state index in [4.69, 9.17) is 5.73 Å². The second-order valence-electron chi connectivity index (χ2n) is 4.76. The van der Waals surface area contributed by atoms with Gasteiger partial charge in [-0.1, -0.05) is 12.1 Å². The molecule has 0 unspecified atom stereocenters. The molecule has 0 aliphatic heterocycles. The first kappa shape index (κ1) is 15.4.